The lowest BCUT2D eigenvalue weighted by atomic mass is 10.00. The molecule has 0 aliphatic carbocycles. The van der Waals surface area contributed by atoms with E-state index in [0.717, 1.165) is 31.6 Å². The zero-order valence-electron chi connectivity index (χ0n) is 14.5. The number of nitrogens with zero attached hydrogens (tertiary/aromatic N) is 5. The van der Waals surface area contributed by atoms with Gasteiger partial charge in [-0.05, 0) is 37.0 Å². The summed E-state index contributed by atoms with van der Waals surface area (Å²) in [4.78, 5) is 19.0. The fraction of sp³-hybridized carbons (Fsp3) is 0.300. The molecule has 1 aromatic carbocycles. The van der Waals surface area contributed by atoms with Crippen LogP contribution in [0.2, 0.25) is 0 Å². The fourth-order valence-electron chi connectivity index (χ4n) is 3.52. The van der Waals surface area contributed by atoms with Crippen LogP contribution in [0.4, 0.5) is 0 Å². The van der Waals surface area contributed by atoms with Gasteiger partial charge in [0, 0.05) is 18.9 Å². The Morgan fingerprint density at radius 1 is 1.12 bits per heavy atom. The van der Waals surface area contributed by atoms with E-state index in [9.17, 15) is 4.79 Å². The lowest BCUT2D eigenvalue weighted by molar-refractivity contribution is 0.0594. The predicted octanol–water partition coefficient (Wildman–Crippen LogP) is 3.09. The molecule has 26 heavy (non-hydrogen) atoms. The minimum Gasteiger partial charge on any atom is -0.328 e. The minimum absolute atomic E-state index is 0.0112. The highest BCUT2D eigenvalue weighted by Crippen LogP contribution is 2.31. The molecule has 0 N–H and O–H groups in total. The van der Waals surface area contributed by atoms with E-state index in [1.165, 1.54) is 5.56 Å². The number of likely N-dealkylation sites (tertiary alicyclic amines) is 1. The first kappa shape index (κ1) is 16.4. The van der Waals surface area contributed by atoms with Gasteiger partial charge in [0.25, 0.3) is 5.91 Å². The second-order valence-electron chi connectivity index (χ2n) is 6.55. The van der Waals surface area contributed by atoms with Crippen LogP contribution in [0, 0.1) is 0 Å². The Bertz CT molecular complexity index is 862. The Hall–Kier alpha value is -3.02. The van der Waals surface area contributed by atoms with Gasteiger partial charge in [-0.15, -0.1) is 10.2 Å². The summed E-state index contributed by atoms with van der Waals surface area (Å²) in [5, 5.41) is 8.49. The van der Waals surface area contributed by atoms with E-state index >= 15 is 0 Å². The number of rotatable bonds is 4. The van der Waals surface area contributed by atoms with E-state index in [0.29, 0.717) is 12.1 Å². The van der Waals surface area contributed by atoms with Crippen LogP contribution in [0.25, 0.3) is 0 Å². The van der Waals surface area contributed by atoms with Gasteiger partial charge in [-0.3, -0.25) is 9.78 Å². The maximum absolute atomic E-state index is 13.0. The molecule has 132 valence electrons. The van der Waals surface area contributed by atoms with Crippen LogP contribution >= 0.6 is 0 Å². The largest absolute Gasteiger partial charge is 0.328 e. The smallest absolute Gasteiger partial charge is 0.256 e. The monoisotopic (exact) mass is 347 g/mol. The molecule has 1 fully saturated rings. The molecule has 1 unspecified atom stereocenters. The van der Waals surface area contributed by atoms with Crippen LogP contribution in [0.1, 0.15) is 47.1 Å². The number of aromatic nitrogens is 4. The predicted molar refractivity (Wildman–Crippen MR) is 97.4 cm³/mol. The highest BCUT2D eigenvalue weighted by atomic mass is 16.2. The first-order valence-corrected chi connectivity index (χ1v) is 8.95. The van der Waals surface area contributed by atoms with E-state index in [-0.39, 0.29) is 11.9 Å². The summed E-state index contributed by atoms with van der Waals surface area (Å²) in [5.74, 6) is 0.864. The van der Waals surface area contributed by atoms with Gasteiger partial charge in [0.2, 0.25) is 0 Å². The number of piperidine rings is 1. The molecule has 0 spiro atoms. The maximum atomic E-state index is 13.0. The Morgan fingerprint density at radius 2 is 2.00 bits per heavy atom. The van der Waals surface area contributed by atoms with Crippen molar-refractivity contribution in [2.75, 3.05) is 6.54 Å². The van der Waals surface area contributed by atoms with Gasteiger partial charge in [0.1, 0.15) is 6.33 Å². The molecule has 3 aromatic rings. The summed E-state index contributed by atoms with van der Waals surface area (Å²) in [5.41, 5.74) is 1.81. The number of carbonyl (C=O) groups is 1. The molecule has 2 aromatic heterocycles. The Labute approximate surface area is 152 Å². The summed E-state index contributed by atoms with van der Waals surface area (Å²) in [7, 11) is 0. The van der Waals surface area contributed by atoms with Gasteiger partial charge in [-0.2, -0.15) is 0 Å². The molecular weight excluding hydrogens is 326 g/mol. The molecule has 1 aliphatic heterocycles. The number of carbonyl (C=O) groups excluding carboxylic acids is 1. The molecule has 1 saturated heterocycles. The van der Waals surface area contributed by atoms with Crippen molar-refractivity contribution in [3.63, 3.8) is 0 Å². The second-order valence-corrected chi connectivity index (χ2v) is 6.55. The first-order chi connectivity index (χ1) is 12.8. The van der Waals surface area contributed by atoms with Crippen molar-refractivity contribution >= 4 is 5.91 Å². The lowest BCUT2D eigenvalue weighted by Gasteiger charge is -2.35. The van der Waals surface area contributed by atoms with E-state index < -0.39 is 0 Å². The standard InChI is InChI=1S/C20H21N5O/c26-20(17-9-6-11-21-13-17)25-12-5-4-10-18(25)19-23-22-15-24(19)14-16-7-2-1-3-8-16/h1-3,6-9,11,13,15,18H,4-5,10,12,14H2. The number of hydrogen-bond donors (Lipinski definition) is 0. The first-order valence-electron chi connectivity index (χ1n) is 8.95. The van der Waals surface area contributed by atoms with Gasteiger partial charge >= 0.3 is 0 Å². The number of amides is 1. The zero-order chi connectivity index (χ0) is 17.8. The van der Waals surface area contributed by atoms with Crippen LogP contribution in [0.5, 0.6) is 0 Å². The molecule has 3 heterocycles. The molecule has 1 aliphatic rings. The zero-order valence-corrected chi connectivity index (χ0v) is 14.5. The van der Waals surface area contributed by atoms with Crippen LogP contribution in [-0.2, 0) is 6.54 Å². The van der Waals surface area contributed by atoms with Gasteiger partial charge in [-0.25, -0.2) is 0 Å². The van der Waals surface area contributed by atoms with Crippen LogP contribution in [0.3, 0.4) is 0 Å². The van der Waals surface area contributed by atoms with E-state index in [4.69, 9.17) is 0 Å². The van der Waals surface area contributed by atoms with Crippen LogP contribution in [0.15, 0.2) is 61.2 Å². The van der Waals surface area contributed by atoms with Gasteiger partial charge < -0.3 is 9.47 Å². The molecule has 4 rings (SSSR count). The molecule has 1 atom stereocenters. The molecule has 0 saturated carbocycles. The van der Waals surface area contributed by atoms with Gasteiger partial charge in [-0.1, -0.05) is 30.3 Å². The molecule has 6 nitrogen and oxygen atoms in total. The van der Waals surface area contributed by atoms with Crippen molar-refractivity contribution in [2.45, 2.75) is 31.8 Å². The maximum Gasteiger partial charge on any atom is 0.256 e. The number of pyridine rings is 1. The van der Waals surface area contributed by atoms with E-state index in [2.05, 4.69) is 31.9 Å². The second kappa shape index (κ2) is 7.47. The summed E-state index contributed by atoms with van der Waals surface area (Å²) >= 11 is 0. The quantitative estimate of drug-likeness (QED) is 0.727. The third kappa shape index (κ3) is 3.35. The van der Waals surface area contributed by atoms with Crippen molar-refractivity contribution in [1.29, 1.82) is 0 Å². The molecular formula is C20H21N5O. The summed E-state index contributed by atoms with van der Waals surface area (Å²) in [6.07, 6.45) is 8.06. The molecule has 0 radical (unpaired) electrons. The summed E-state index contributed by atoms with van der Waals surface area (Å²) in [6.45, 7) is 1.44. The van der Waals surface area contributed by atoms with E-state index in [1.54, 1.807) is 24.8 Å². The van der Waals surface area contributed by atoms with Crippen molar-refractivity contribution in [3.8, 4) is 0 Å². The van der Waals surface area contributed by atoms with Crippen molar-refractivity contribution in [2.24, 2.45) is 0 Å². The topological polar surface area (TPSA) is 63.9 Å². The lowest BCUT2D eigenvalue weighted by Crippen LogP contribution is -2.39. The SMILES string of the molecule is O=C(c1cccnc1)N1CCCCC1c1nncn1Cc1ccccc1. The van der Waals surface area contributed by atoms with Crippen LogP contribution in [-0.4, -0.2) is 37.1 Å². The van der Waals surface area contributed by atoms with Crippen molar-refractivity contribution in [1.82, 2.24) is 24.6 Å². The van der Waals surface area contributed by atoms with Crippen LogP contribution < -0.4 is 0 Å². The Kier molecular flexibility index (Phi) is 4.73. The van der Waals surface area contributed by atoms with E-state index in [1.807, 2.05) is 29.2 Å². The average Bonchev–Trinajstić information content (AvgIpc) is 3.17. The molecule has 1 amide bonds. The molecule has 6 heteroatoms. The summed E-state index contributed by atoms with van der Waals surface area (Å²) in [6, 6.07) is 13.8. The number of benzene rings is 1. The molecule has 0 bridgehead atoms. The summed E-state index contributed by atoms with van der Waals surface area (Å²) < 4.78 is 2.05. The van der Waals surface area contributed by atoms with Crippen molar-refractivity contribution in [3.05, 3.63) is 78.1 Å². The Balaban J connectivity index is 1.61. The third-order valence-electron chi connectivity index (χ3n) is 4.81. The highest BCUT2D eigenvalue weighted by molar-refractivity contribution is 5.94. The highest BCUT2D eigenvalue weighted by Gasteiger charge is 2.32. The van der Waals surface area contributed by atoms with Gasteiger partial charge in [0.05, 0.1) is 18.2 Å². The third-order valence-corrected chi connectivity index (χ3v) is 4.81. The fourth-order valence-corrected chi connectivity index (χ4v) is 3.52. The van der Waals surface area contributed by atoms with Gasteiger partial charge in [0.15, 0.2) is 5.82 Å². The van der Waals surface area contributed by atoms with Crippen molar-refractivity contribution < 1.29 is 4.79 Å². The minimum atomic E-state index is -0.0531. The average molecular weight is 347 g/mol. The normalized spacial score (nSPS) is 17.2. The Morgan fingerprint density at radius 3 is 2.81 bits per heavy atom. The number of hydrogen-bond acceptors (Lipinski definition) is 4.